The van der Waals surface area contributed by atoms with Crippen LogP contribution in [0.1, 0.15) is 49.3 Å². The lowest BCUT2D eigenvalue weighted by Crippen LogP contribution is -2.59. The molecule has 2 amide bonds. The van der Waals surface area contributed by atoms with E-state index in [0.29, 0.717) is 31.0 Å². The maximum atomic E-state index is 14.2. The molecule has 0 saturated carbocycles. The smallest absolute Gasteiger partial charge is 0.247 e. The van der Waals surface area contributed by atoms with E-state index in [1.807, 2.05) is 53.4 Å². The van der Waals surface area contributed by atoms with Crippen LogP contribution in [0.4, 0.5) is 0 Å². The van der Waals surface area contributed by atoms with Crippen molar-refractivity contribution >= 4 is 17.6 Å². The number of rotatable bonds is 5. The highest BCUT2D eigenvalue weighted by atomic mass is 16.7. The van der Waals surface area contributed by atoms with Gasteiger partial charge in [-0.2, -0.15) is 0 Å². The number of nitrogens with zero attached hydrogens (tertiary/aromatic N) is 2. The Morgan fingerprint density at radius 1 is 1.11 bits per heavy atom. The van der Waals surface area contributed by atoms with Crippen LogP contribution in [-0.2, 0) is 32.9 Å². The summed E-state index contributed by atoms with van der Waals surface area (Å²) < 4.78 is 11.3. The molecule has 0 N–H and O–H groups in total. The number of carbonyl (C=O) groups excluding carboxylic acids is 3. The van der Waals surface area contributed by atoms with Gasteiger partial charge in [0.1, 0.15) is 6.04 Å². The third-order valence-electron chi connectivity index (χ3n) is 7.81. The molecule has 1 saturated heterocycles. The number of amides is 2. The van der Waals surface area contributed by atoms with Crippen LogP contribution in [0.25, 0.3) is 0 Å². The van der Waals surface area contributed by atoms with Gasteiger partial charge in [0.15, 0.2) is 17.3 Å². The van der Waals surface area contributed by atoms with E-state index >= 15 is 0 Å². The summed E-state index contributed by atoms with van der Waals surface area (Å²) in [6.07, 6.45) is 5.76. The number of unbranched alkanes of at least 4 members (excludes halogenated alkanes) is 1. The standard InChI is InChI=1S/C28H28N2O5/c1-2-3-9-25(32)30-16-19-12-22-23(35-17-34-22)14-21(19)28-11-10-20(31)13-24(28)29(27(33)26(28)30)15-18-7-5-4-6-8-18/h4-8,10-12,14,24,26H,2-3,9,13,15-17H2,1H3/t24-,26+,28-/m0/s1. The van der Waals surface area contributed by atoms with Gasteiger partial charge in [-0.1, -0.05) is 49.8 Å². The van der Waals surface area contributed by atoms with Gasteiger partial charge < -0.3 is 19.3 Å². The SMILES string of the molecule is CCCCC(=O)N1Cc2cc3c(cc2[C@@]24C=CC(=O)C[C@@H]2N(Cc2ccccc2)C(=O)[C@@H]14)OCO3. The number of allylic oxidation sites excluding steroid dienone is 1. The maximum Gasteiger partial charge on any atom is 0.247 e. The van der Waals surface area contributed by atoms with E-state index in [2.05, 4.69) is 6.92 Å². The molecular formula is C28H28N2O5. The second-order valence-corrected chi connectivity index (χ2v) is 9.79. The lowest BCUT2D eigenvalue weighted by Gasteiger charge is -2.47. The van der Waals surface area contributed by atoms with Crippen LogP contribution in [0.15, 0.2) is 54.6 Å². The first-order valence-electron chi connectivity index (χ1n) is 12.3. The van der Waals surface area contributed by atoms with Crippen LogP contribution in [0.2, 0.25) is 0 Å². The Morgan fingerprint density at radius 3 is 2.66 bits per heavy atom. The number of likely N-dealkylation sites (tertiary alicyclic amines) is 1. The molecule has 35 heavy (non-hydrogen) atoms. The first-order chi connectivity index (χ1) is 17.0. The van der Waals surface area contributed by atoms with E-state index in [-0.39, 0.29) is 30.8 Å². The van der Waals surface area contributed by atoms with Crippen molar-refractivity contribution in [1.82, 2.24) is 9.80 Å². The van der Waals surface area contributed by atoms with Crippen molar-refractivity contribution in [2.45, 2.75) is 63.2 Å². The van der Waals surface area contributed by atoms with Gasteiger partial charge in [-0.15, -0.1) is 0 Å². The van der Waals surface area contributed by atoms with E-state index in [4.69, 9.17) is 9.47 Å². The van der Waals surface area contributed by atoms with Crippen LogP contribution in [0.3, 0.4) is 0 Å². The number of fused-ring (bicyclic) bond motifs is 2. The lowest BCUT2D eigenvalue weighted by molar-refractivity contribution is -0.144. The van der Waals surface area contributed by atoms with E-state index in [1.165, 1.54) is 0 Å². The van der Waals surface area contributed by atoms with E-state index in [0.717, 1.165) is 29.5 Å². The average Bonchev–Trinajstić information content (AvgIpc) is 3.42. The summed E-state index contributed by atoms with van der Waals surface area (Å²) in [5.41, 5.74) is 2.06. The molecule has 3 aliphatic heterocycles. The van der Waals surface area contributed by atoms with E-state index in [1.54, 1.807) is 11.0 Å². The monoisotopic (exact) mass is 472 g/mol. The molecule has 4 aliphatic rings. The van der Waals surface area contributed by atoms with Crippen molar-refractivity contribution in [3.8, 4) is 11.5 Å². The lowest BCUT2D eigenvalue weighted by atomic mass is 9.63. The van der Waals surface area contributed by atoms with E-state index in [9.17, 15) is 14.4 Å². The molecular weight excluding hydrogens is 444 g/mol. The summed E-state index contributed by atoms with van der Waals surface area (Å²) in [6.45, 7) is 2.92. The summed E-state index contributed by atoms with van der Waals surface area (Å²) in [6, 6.07) is 12.6. The highest BCUT2D eigenvalue weighted by molar-refractivity contribution is 5.99. The van der Waals surface area contributed by atoms with Crippen molar-refractivity contribution in [2.24, 2.45) is 0 Å². The molecule has 2 aromatic carbocycles. The number of ketones is 1. The Kier molecular flexibility index (Phi) is 5.16. The first kappa shape index (κ1) is 21.9. The minimum absolute atomic E-state index is 0.0103. The zero-order chi connectivity index (χ0) is 24.2. The van der Waals surface area contributed by atoms with E-state index < -0.39 is 17.5 Å². The van der Waals surface area contributed by atoms with Crippen LogP contribution >= 0.6 is 0 Å². The van der Waals surface area contributed by atoms with Crippen LogP contribution in [0.5, 0.6) is 11.5 Å². The molecule has 7 nitrogen and oxygen atoms in total. The van der Waals surface area contributed by atoms with Gasteiger partial charge in [0, 0.05) is 25.9 Å². The molecule has 0 aromatic heterocycles. The molecule has 7 heteroatoms. The van der Waals surface area contributed by atoms with Gasteiger partial charge in [0.25, 0.3) is 0 Å². The average molecular weight is 473 g/mol. The van der Waals surface area contributed by atoms with Gasteiger partial charge >= 0.3 is 0 Å². The third kappa shape index (κ3) is 3.28. The molecule has 0 unspecified atom stereocenters. The summed E-state index contributed by atoms with van der Waals surface area (Å²) in [7, 11) is 0. The molecule has 1 aliphatic carbocycles. The van der Waals surface area contributed by atoms with Crippen molar-refractivity contribution in [2.75, 3.05) is 6.79 Å². The fourth-order valence-corrected chi connectivity index (χ4v) is 6.20. The number of carbonyl (C=O) groups is 3. The van der Waals surface area contributed by atoms with Crippen molar-refractivity contribution in [3.63, 3.8) is 0 Å². The van der Waals surface area contributed by atoms with Crippen molar-refractivity contribution in [3.05, 3.63) is 71.3 Å². The highest BCUT2D eigenvalue weighted by Gasteiger charge is 2.65. The molecule has 3 atom stereocenters. The highest BCUT2D eigenvalue weighted by Crippen LogP contribution is 2.54. The van der Waals surface area contributed by atoms with Gasteiger partial charge in [-0.25, -0.2) is 0 Å². The number of ether oxygens (including phenoxy) is 2. The Morgan fingerprint density at radius 2 is 1.89 bits per heavy atom. The second kappa shape index (κ2) is 8.26. The molecule has 180 valence electrons. The number of hydrogen-bond donors (Lipinski definition) is 0. The topological polar surface area (TPSA) is 76.2 Å². The van der Waals surface area contributed by atoms with Gasteiger partial charge in [-0.05, 0) is 41.3 Å². The summed E-state index contributed by atoms with van der Waals surface area (Å²) in [5, 5.41) is 0. The molecule has 0 radical (unpaired) electrons. The predicted octanol–water partition coefficient (Wildman–Crippen LogP) is 3.49. The molecule has 2 aromatic rings. The minimum Gasteiger partial charge on any atom is -0.454 e. The third-order valence-corrected chi connectivity index (χ3v) is 7.81. The molecule has 6 rings (SSSR count). The quantitative estimate of drug-likeness (QED) is 0.666. The maximum absolute atomic E-state index is 14.2. The normalized spacial score (nSPS) is 26.0. The zero-order valence-corrected chi connectivity index (χ0v) is 19.7. The second-order valence-electron chi connectivity index (χ2n) is 9.79. The molecule has 3 heterocycles. The van der Waals surface area contributed by atoms with Crippen LogP contribution in [-0.4, -0.2) is 46.3 Å². The molecule has 1 spiro atoms. The van der Waals surface area contributed by atoms with Gasteiger partial charge in [0.2, 0.25) is 18.6 Å². The molecule has 0 bridgehead atoms. The largest absolute Gasteiger partial charge is 0.454 e. The zero-order valence-electron chi connectivity index (χ0n) is 19.7. The fourth-order valence-electron chi connectivity index (χ4n) is 6.20. The van der Waals surface area contributed by atoms with Crippen molar-refractivity contribution < 1.29 is 23.9 Å². The van der Waals surface area contributed by atoms with Crippen molar-refractivity contribution in [1.29, 1.82) is 0 Å². The summed E-state index contributed by atoms with van der Waals surface area (Å²) in [5.74, 6) is 1.15. The Balaban J connectivity index is 1.53. The molecule has 1 fully saturated rings. The fraction of sp³-hybridized carbons (Fsp3) is 0.393. The summed E-state index contributed by atoms with van der Waals surface area (Å²) >= 11 is 0. The van der Waals surface area contributed by atoms with Crippen LogP contribution < -0.4 is 9.47 Å². The van der Waals surface area contributed by atoms with Gasteiger partial charge in [-0.3, -0.25) is 14.4 Å². The Labute approximate surface area is 204 Å². The number of hydrogen-bond acceptors (Lipinski definition) is 5. The Hall–Kier alpha value is -3.61. The predicted molar refractivity (Wildman–Crippen MR) is 128 cm³/mol. The van der Waals surface area contributed by atoms with Crippen LogP contribution in [0, 0.1) is 0 Å². The first-order valence-corrected chi connectivity index (χ1v) is 12.3. The summed E-state index contributed by atoms with van der Waals surface area (Å²) in [4.78, 5) is 43.9. The van der Waals surface area contributed by atoms with Gasteiger partial charge in [0.05, 0.1) is 11.5 Å². The number of benzene rings is 2. The minimum atomic E-state index is -0.823. The Bertz CT molecular complexity index is 1240.